The highest BCUT2D eigenvalue weighted by Gasteiger charge is 2.10. The van der Waals surface area contributed by atoms with Gasteiger partial charge in [-0.05, 0) is 18.4 Å². The van der Waals surface area contributed by atoms with Crippen molar-refractivity contribution in [3.63, 3.8) is 0 Å². The number of ketones is 1. The zero-order valence-corrected chi connectivity index (χ0v) is 9.23. The maximum atomic E-state index is 11.9. The van der Waals surface area contributed by atoms with Crippen LogP contribution in [0, 0.1) is 0 Å². The van der Waals surface area contributed by atoms with E-state index in [1.54, 1.807) is 6.20 Å². The molecule has 0 spiro atoms. The van der Waals surface area contributed by atoms with Gasteiger partial charge in [-0.25, -0.2) is 0 Å². The van der Waals surface area contributed by atoms with E-state index >= 15 is 0 Å². The summed E-state index contributed by atoms with van der Waals surface area (Å²) in [5.41, 5.74) is 1.40. The molecule has 16 heavy (non-hydrogen) atoms. The molecular formula is C14H13NO. The van der Waals surface area contributed by atoms with Crippen molar-refractivity contribution in [1.82, 2.24) is 4.98 Å². The SMILES string of the molecule is C=C(C)CC(=O)c1nccc2ccccc12. The van der Waals surface area contributed by atoms with Gasteiger partial charge in [0.25, 0.3) is 0 Å². The third-order valence-corrected chi connectivity index (χ3v) is 2.40. The fourth-order valence-electron chi connectivity index (χ4n) is 1.70. The zero-order valence-electron chi connectivity index (χ0n) is 9.23. The number of hydrogen-bond acceptors (Lipinski definition) is 2. The lowest BCUT2D eigenvalue weighted by Crippen LogP contribution is -2.03. The highest BCUT2D eigenvalue weighted by molar-refractivity contribution is 6.06. The molecule has 0 saturated carbocycles. The molecule has 0 fully saturated rings. The maximum Gasteiger partial charge on any atom is 0.185 e. The first-order valence-electron chi connectivity index (χ1n) is 5.20. The number of rotatable bonds is 3. The van der Waals surface area contributed by atoms with Gasteiger partial charge in [0.1, 0.15) is 5.69 Å². The van der Waals surface area contributed by atoms with Gasteiger partial charge in [0.2, 0.25) is 0 Å². The van der Waals surface area contributed by atoms with Gasteiger partial charge in [-0.2, -0.15) is 0 Å². The number of nitrogens with zero attached hydrogens (tertiary/aromatic N) is 1. The lowest BCUT2D eigenvalue weighted by molar-refractivity contribution is 0.0990. The number of benzene rings is 1. The zero-order chi connectivity index (χ0) is 11.5. The Kier molecular flexibility index (Phi) is 2.82. The van der Waals surface area contributed by atoms with Crippen LogP contribution >= 0.6 is 0 Å². The summed E-state index contributed by atoms with van der Waals surface area (Å²) in [5.74, 6) is 0.0318. The Morgan fingerprint density at radius 3 is 2.81 bits per heavy atom. The van der Waals surface area contributed by atoms with E-state index in [2.05, 4.69) is 11.6 Å². The topological polar surface area (TPSA) is 30.0 Å². The van der Waals surface area contributed by atoms with Crippen LogP contribution in [0.25, 0.3) is 10.8 Å². The Morgan fingerprint density at radius 1 is 1.31 bits per heavy atom. The summed E-state index contributed by atoms with van der Waals surface area (Å²) < 4.78 is 0. The molecule has 0 unspecified atom stereocenters. The van der Waals surface area contributed by atoms with Crippen LogP contribution in [-0.2, 0) is 0 Å². The predicted octanol–water partition coefficient (Wildman–Crippen LogP) is 3.38. The Balaban J connectivity index is 2.52. The molecule has 0 aliphatic rings. The third-order valence-electron chi connectivity index (χ3n) is 2.40. The minimum Gasteiger partial charge on any atom is -0.292 e. The van der Waals surface area contributed by atoms with Crippen molar-refractivity contribution in [2.75, 3.05) is 0 Å². The number of carbonyl (C=O) groups is 1. The van der Waals surface area contributed by atoms with Gasteiger partial charge in [-0.15, -0.1) is 0 Å². The molecule has 1 aromatic heterocycles. The van der Waals surface area contributed by atoms with E-state index in [4.69, 9.17) is 0 Å². The van der Waals surface area contributed by atoms with Crippen LogP contribution in [0.15, 0.2) is 48.7 Å². The van der Waals surface area contributed by atoms with E-state index in [-0.39, 0.29) is 5.78 Å². The number of allylic oxidation sites excluding steroid dienone is 1. The quantitative estimate of drug-likeness (QED) is 0.575. The Morgan fingerprint density at radius 2 is 2.06 bits per heavy atom. The molecule has 80 valence electrons. The molecule has 2 nitrogen and oxygen atoms in total. The van der Waals surface area contributed by atoms with E-state index in [1.807, 2.05) is 37.3 Å². The highest BCUT2D eigenvalue weighted by atomic mass is 16.1. The minimum atomic E-state index is 0.0318. The lowest BCUT2D eigenvalue weighted by Gasteiger charge is -2.04. The first kappa shape index (κ1) is 10.6. The van der Waals surface area contributed by atoms with Gasteiger partial charge in [0, 0.05) is 18.0 Å². The molecule has 0 aliphatic carbocycles. The van der Waals surface area contributed by atoms with Crippen LogP contribution in [0.5, 0.6) is 0 Å². The minimum absolute atomic E-state index is 0.0318. The molecule has 0 bridgehead atoms. The Labute approximate surface area is 94.6 Å². The molecule has 1 aromatic carbocycles. The summed E-state index contributed by atoms with van der Waals surface area (Å²) in [7, 11) is 0. The summed E-state index contributed by atoms with van der Waals surface area (Å²) in [6.07, 6.45) is 2.04. The van der Waals surface area contributed by atoms with Crippen LogP contribution in [0.3, 0.4) is 0 Å². The normalized spacial score (nSPS) is 10.3. The van der Waals surface area contributed by atoms with Gasteiger partial charge in [-0.1, -0.05) is 36.4 Å². The van der Waals surface area contributed by atoms with Gasteiger partial charge in [0.05, 0.1) is 0 Å². The number of pyridine rings is 1. The van der Waals surface area contributed by atoms with Crippen molar-refractivity contribution in [3.8, 4) is 0 Å². The largest absolute Gasteiger partial charge is 0.292 e. The maximum absolute atomic E-state index is 11.9. The van der Waals surface area contributed by atoms with Crippen LogP contribution in [0.2, 0.25) is 0 Å². The van der Waals surface area contributed by atoms with Gasteiger partial charge < -0.3 is 0 Å². The number of hydrogen-bond donors (Lipinski definition) is 0. The standard InChI is InChI=1S/C14H13NO/c1-10(2)9-13(16)14-12-6-4-3-5-11(12)7-8-15-14/h3-8H,1,9H2,2H3. The smallest absolute Gasteiger partial charge is 0.185 e. The van der Waals surface area contributed by atoms with Crippen LogP contribution in [-0.4, -0.2) is 10.8 Å². The average Bonchev–Trinajstić information content (AvgIpc) is 2.27. The third kappa shape index (κ3) is 2.01. The second-order valence-corrected chi connectivity index (χ2v) is 3.94. The molecule has 0 radical (unpaired) electrons. The van der Waals surface area contributed by atoms with Crippen LogP contribution < -0.4 is 0 Å². The van der Waals surface area contributed by atoms with Crippen molar-refractivity contribution in [2.24, 2.45) is 0 Å². The molecule has 0 saturated heterocycles. The Bertz CT molecular complexity index is 552. The molecular weight excluding hydrogens is 198 g/mol. The van der Waals surface area contributed by atoms with Crippen molar-refractivity contribution in [1.29, 1.82) is 0 Å². The van der Waals surface area contributed by atoms with Gasteiger partial charge in [0.15, 0.2) is 5.78 Å². The predicted molar refractivity (Wildman–Crippen MR) is 65.5 cm³/mol. The van der Waals surface area contributed by atoms with E-state index in [1.165, 1.54) is 0 Å². The molecule has 0 N–H and O–H groups in total. The molecule has 2 heteroatoms. The first-order valence-corrected chi connectivity index (χ1v) is 5.20. The van der Waals surface area contributed by atoms with Gasteiger partial charge >= 0.3 is 0 Å². The average molecular weight is 211 g/mol. The monoisotopic (exact) mass is 211 g/mol. The summed E-state index contributed by atoms with van der Waals surface area (Å²) >= 11 is 0. The summed E-state index contributed by atoms with van der Waals surface area (Å²) in [6.45, 7) is 5.60. The van der Waals surface area contributed by atoms with Crippen molar-refractivity contribution >= 4 is 16.6 Å². The molecule has 0 atom stereocenters. The van der Waals surface area contributed by atoms with E-state index < -0.39 is 0 Å². The van der Waals surface area contributed by atoms with E-state index in [0.29, 0.717) is 12.1 Å². The summed E-state index contributed by atoms with van der Waals surface area (Å²) in [6, 6.07) is 9.69. The van der Waals surface area contributed by atoms with Crippen molar-refractivity contribution in [3.05, 3.63) is 54.4 Å². The van der Waals surface area contributed by atoms with Gasteiger partial charge in [-0.3, -0.25) is 9.78 Å². The molecule has 0 aliphatic heterocycles. The molecule has 2 rings (SSSR count). The van der Waals surface area contributed by atoms with Crippen molar-refractivity contribution in [2.45, 2.75) is 13.3 Å². The number of carbonyl (C=O) groups excluding carboxylic acids is 1. The summed E-state index contributed by atoms with van der Waals surface area (Å²) in [5, 5.41) is 1.96. The number of aromatic nitrogens is 1. The van der Waals surface area contributed by atoms with Crippen molar-refractivity contribution < 1.29 is 4.79 Å². The Hall–Kier alpha value is -1.96. The van der Waals surface area contributed by atoms with Crippen LogP contribution in [0.1, 0.15) is 23.8 Å². The molecule has 0 amide bonds. The molecule has 1 heterocycles. The second-order valence-electron chi connectivity index (χ2n) is 3.94. The van der Waals surface area contributed by atoms with E-state index in [9.17, 15) is 4.79 Å². The fraction of sp³-hybridized carbons (Fsp3) is 0.143. The van der Waals surface area contributed by atoms with Crippen LogP contribution in [0.4, 0.5) is 0 Å². The number of Topliss-reactive ketones (excluding diaryl/α,β-unsaturated/α-hetero) is 1. The number of fused-ring (bicyclic) bond motifs is 1. The van der Waals surface area contributed by atoms with E-state index in [0.717, 1.165) is 16.3 Å². The molecule has 2 aromatic rings. The second kappa shape index (κ2) is 4.27. The first-order chi connectivity index (χ1) is 7.68. The summed E-state index contributed by atoms with van der Waals surface area (Å²) in [4.78, 5) is 16.1. The highest BCUT2D eigenvalue weighted by Crippen LogP contribution is 2.18. The lowest BCUT2D eigenvalue weighted by atomic mass is 10.0. The fourth-order valence-corrected chi connectivity index (χ4v) is 1.70.